The normalized spacial score (nSPS) is 20.5. The largest absolute Gasteiger partial charge is 0.349 e. The first-order valence-corrected chi connectivity index (χ1v) is 10.9. The molecule has 136 valence electrons. The lowest BCUT2D eigenvalue weighted by atomic mass is 9.94. The van der Waals surface area contributed by atoms with Gasteiger partial charge in [-0.1, -0.05) is 24.3 Å². The molecule has 0 radical (unpaired) electrons. The molecular weight excluding hydrogens is 364 g/mol. The molecule has 1 aromatic carbocycles. The predicted molar refractivity (Wildman–Crippen MR) is 106 cm³/mol. The number of fused-ring (bicyclic) bond motifs is 1. The molecule has 1 unspecified atom stereocenters. The van der Waals surface area contributed by atoms with Crippen molar-refractivity contribution in [2.24, 2.45) is 5.92 Å². The lowest BCUT2D eigenvalue weighted by Gasteiger charge is -2.33. The topological polar surface area (TPSA) is 49.4 Å². The van der Waals surface area contributed by atoms with Gasteiger partial charge in [-0.3, -0.25) is 9.59 Å². The molecular formula is C20H22N2O2S2. The Morgan fingerprint density at radius 3 is 2.62 bits per heavy atom. The number of carbonyl (C=O) groups excluding carboxylic acids is 2. The van der Waals surface area contributed by atoms with E-state index in [9.17, 15) is 9.59 Å². The number of thioether (sulfide) groups is 1. The quantitative estimate of drug-likeness (QED) is 0.869. The Labute approximate surface area is 162 Å². The third-order valence-electron chi connectivity index (χ3n) is 5.16. The number of hydrogen-bond donors (Lipinski definition) is 1. The number of carbonyl (C=O) groups is 2. The molecule has 1 aromatic heterocycles. The van der Waals surface area contributed by atoms with E-state index < -0.39 is 0 Å². The number of benzene rings is 1. The van der Waals surface area contributed by atoms with Crippen molar-refractivity contribution in [2.75, 3.05) is 18.8 Å². The highest BCUT2D eigenvalue weighted by molar-refractivity contribution is 7.99. The number of nitrogens with zero attached hydrogens (tertiary/aromatic N) is 1. The summed E-state index contributed by atoms with van der Waals surface area (Å²) in [6.07, 6.45) is 2.46. The second kappa shape index (κ2) is 7.84. The minimum atomic E-state index is 0.00382. The molecule has 4 nitrogen and oxygen atoms in total. The van der Waals surface area contributed by atoms with E-state index in [1.807, 2.05) is 40.2 Å². The standard InChI is InChI=1S/C20H22N2O2S2/c23-19(21-16-9-13-26-17-5-2-1-4-15(16)17)14-7-10-22(11-8-14)20(24)18-6-3-12-25-18/h1-6,12,14,16H,7-11,13H2,(H,21,23). The Kier molecular flexibility index (Phi) is 5.31. The van der Waals surface area contributed by atoms with E-state index in [-0.39, 0.29) is 23.8 Å². The fourth-order valence-corrected chi connectivity index (χ4v) is 5.50. The third-order valence-corrected chi connectivity index (χ3v) is 7.14. The van der Waals surface area contributed by atoms with E-state index in [2.05, 4.69) is 23.5 Å². The maximum absolute atomic E-state index is 12.8. The lowest BCUT2D eigenvalue weighted by molar-refractivity contribution is -0.127. The highest BCUT2D eigenvalue weighted by atomic mass is 32.2. The number of amides is 2. The highest BCUT2D eigenvalue weighted by Gasteiger charge is 2.30. The molecule has 2 aliphatic heterocycles. The number of rotatable bonds is 3. The Bertz CT molecular complexity index is 783. The van der Waals surface area contributed by atoms with E-state index >= 15 is 0 Å². The molecule has 2 aliphatic rings. The van der Waals surface area contributed by atoms with Gasteiger partial charge in [-0.25, -0.2) is 0 Å². The minimum Gasteiger partial charge on any atom is -0.349 e. The number of hydrogen-bond acceptors (Lipinski definition) is 4. The van der Waals surface area contributed by atoms with Crippen molar-refractivity contribution >= 4 is 34.9 Å². The van der Waals surface area contributed by atoms with Gasteiger partial charge in [0, 0.05) is 29.7 Å². The molecule has 0 bridgehead atoms. The summed E-state index contributed by atoms with van der Waals surface area (Å²) in [5, 5.41) is 5.19. The van der Waals surface area contributed by atoms with Crippen LogP contribution in [0.2, 0.25) is 0 Å². The van der Waals surface area contributed by atoms with E-state index in [1.165, 1.54) is 21.8 Å². The number of piperidine rings is 1. The minimum absolute atomic E-state index is 0.00382. The van der Waals surface area contributed by atoms with Crippen LogP contribution in [-0.2, 0) is 4.79 Å². The molecule has 4 rings (SSSR count). The smallest absolute Gasteiger partial charge is 0.263 e. The molecule has 0 aliphatic carbocycles. The summed E-state index contributed by atoms with van der Waals surface area (Å²) in [4.78, 5) is 29.1. The van der Waals surface area contributed by atoms with Crippen molar-refractivity contribution < 1.29 is 9.59 Å². The monoisotopic (exact) mass is 386 g/mol. The average molecular weight is 387 g/mol. The molecule has 0 saturated carbocycles. The van der Waals surface area contributed by atoms with Crippen LogP contribution >= 0.6 is 23.1 Å². The Morgan fingerprint density at radius 1 is 1.04 bits per heavy atom. The summed E-state index contributed by atoms with van der Waals surface area (Å²) in [6.45, 7) is 1.32. The summed E-state index contributed by atoms with van der Waals surface area (Å²) >= 11 is 3.34. The summed E-state index contributed by atoms with van der Waals surface area (Å²) in [5.41, 5.74) is 1.24. The summed E-state index contributed by atoms with van der Waals surface area (Å²) in [6, 6.07) is 12.2. The van der Waals surface area contributed by atoms with Crippen LogP contribution < -0.4 is 5.32 Å². The number of nitrogens with one attached hydrogen (secondary N) is 1. The van der Waals surface area contributed by atoms with Crippen molar-refractivity contribution in [1.82, 2.24) is 10.2 Å². The SMILES string of the molecule is O=C(NC1CCSc2ccccc21)C1CCN(C(=O)c2cccs2)CC1. The van der Waals surface area contributed by atoms with Gasteiger partial charge in [0.1, 0.15) is 0 Å². The van der Waals surface area contributed by atoms with E-state index in [0.717, 1.165) is 29.9 Å². The van der Waals surface area contributed by atoms with Crippen molar-refractivity contribution in [3.8, 4) is 0 Å². The molecule has 1 atom stereocenters. The van der Waals surface area contributed by atoms with Gasteiger partial charge in [-0.15, -0.1) is 23.1 Å². The second-order valence-corrected chi connectivity index (χ2v) is 8.86. The molecule has 2 amide bonds. The maximum Gasteiger partial charge on any atom is 0.263 e. The molecule has 26 heavy (non-hydrogen) atoms. The van der Waals surface area contributed by atoms with Gasteiger partial charge in [0.15, 0.2) is 0 Å². The van der Waals surface area contributed by atoms with Gasteiger partial charge in [0.2, 0.25) is 5.91 Å². The molecule has 3 heterocycles. The molecule has 1 saturated heterocycles. The van der Waals surface area contributed by atoms with Crippen molar-refractivity contribution in [3.05, 3.63) is 52.2 Å². The van der Waals surface area contributed by atoms with E-state index in [0.29, 0.717) is 13.1 Å². The Morgan fingerprint density at radius 2 is 1.85 bits per heavy atom. The Balaban J connectivity index is 1.34. The fraction of sp³-hybridized carbons (Fsp3) is 0.400. The summed E-state index contributed by atoms with van der Waals surface area (Å²) < 4.78 is 0. The van der Waals surface area contributed by atoms with Crippen LogP contribution in [0.25, 0.3) is 0 Å². The number of likely N-dealkylation sites (tertiary alicyclic amines) is 1. The van der Waals surface area contributed by atoms with Crippen LogP contribution in [0.15, 0.2) is 46.7 Å². The van der Waals surface area contributed by atoms with Gasteiger partial charge in [0.25, 0.3) is 5.91 Å². The molecule has 6 heteroatoms. The second-order valence-electron chi connectivity index (χ2n) is 6.78. The summed E-state index contributed by atoms with van der Waals surface area (Å²) in [5.74, 6) is 1.27. The van der Waals surface area contributed by atoms with Gasteiger partial charge in [-0.05, 0) is 42.3 Å². The van der Waals surface area contributed by atoms with Crippen LogP contribution in [-0.4, -0.2) is 35.6 Å². The lowest BCUT2D eigenvalue weighted by Crippen LogP contribution is -2.43. The van der Waals surface area contributed by atoms with Crippen LogP contribution in [0.1, 0.15) is 40.5 Å². The zero-order chi connectivity index (χ0) is 17.9. The molecule has 1 fully saturated rings. The zero-order valence-corrected chi connectivity index (χ0v) is 16.2. The van der Waals surface area contributed by atoms with Gasteiger partial charge in [0.05, 0.1) is 10.9 Å². The van der Waals surface area contributed by atoms with E-state index in [1.54, 1.807) is 0 Å². The van der Waals surface area contributed by atoms with Gasteiger partial charge < -0.3 is 10.2 Å². The first-order valence-electron chi connectivity index (χ1n) is 9.07. The van der Waals surface area contributed by atoms with Crippen molar-refractivity contribution in [2.45, 2.75) is 30.2 Å². The highest BCUT2D eigenvalue weighted by Crippen LogP contribution is 2.36. The molecule has 0 spiro atoms. The third kappa shape index (κ3) is 3.67. The zero-order valence-electron chi connectivity index (χ0n) is 14.5. The first-order chi connectivity index (χ1) is 12.7. The van der Waals surface area contributed by atoms with E-state index in [4.69, 9.17) is 0 Å². The molecule has 1 N–H and O–H groups in total. The van der Waals surface area contributed by atoms with Gasteiger partial charge in [-0.2, -0.15) is 0 Å². The van der Waals surface area contributed by atoms with Crippen LogP contribution in [0.3, 0.4) is 0 Å². The first kappa shape index (κ1) is 17.6. The van der Waals surface area contributed by atoms with Crippen LogP contribution in [0.4, 0.5) is 0 Å². The Hall–Kier alpha value is -1.79. The maximum atomic E-state index is 12.8. The average Bonchev–Trinajstić information content (AvgIpc) is 3.23. The summed E-state index contributed by atoms with van der Waals surface area (Å²) in [7, 11) is 0. The van der Waals surface area contributed by atoms with Crippen LogP contribution in [0.5, 0.6) is 0 Å². The molecule has 2 aromatic rings. The number of thiophene rings is 1. The fourth-order valence-electron chi connectivity index (χ4n) is 3.68. The van der Waals surface area contributed by atoms with Gasteiger partial charge >= 0.3 is 0 Å². The van der Waals surface area contributed by atoms with Crippen molar-refractivity contribution in [1.29, 1.82) is 0 Å². The van der Waals surface area contributed by atoms with Crippen molar-refractivity contribution in [3.63, 3.8) is 0 Å². The van der Waals surface area contributed by atoms with Crippen LogP contribution in [0, 0.1) is 5.92 Å². The predicted octanol–water partition coefficient (Wildman–Crippen LogP) is 3.95.